The van der Waals surface area contributed by atoms with Crippen LogP contribution in [-0.2, 0) is 0 Å². The van der Waals surface area contributed by atoms with Crippen LogP contribution in [0.1, 0.15) is 0 Å². The largest absolute Gasteiger partial charge is 0.335 e. The second-order valence-electron chi connectivity index (χ2n) is 5.09. The average Bonchev–Trinajstić information content (AvgIpc) is 3.21. The van der Waals surface area contributed by atoms with E-state index in [1.165, 1.54) is 4.68 Å². The molecule has 24 heavy (non-hydrogen) atoms. The van der Waals surface area contributed by atoms with Crippen molar-refractivity contribution in [1.82, 2.24) is 29.6 Å². The van der Waals surface area contributed by atoms with Crippen LogP contribution in [0, 0.1) is 4.77 Å². The Labute approximate surface area is 142 Å². The van der Waals surface area contributed by atoms with E-state index in [1.54, 1.807) is 4.68 Å². The molecule has 0 saturated carbocycles. The van der Waals surface area contributed by atoms with Crippen molar-refractivity contribution in [3.63, 3.8) is 0 Å². The van der Waals surface area contributed by atoms with Gasteiger partial charge in [0.1, 0.15) is 0 Å². The number of para-hydroxylation sites is 1. The molecule has 0 aliphatic heterocycles. The summed E-state index contributed by atoms with van der Waals surface area (Å²) in [6.45, 7) is 0. The number of nitrogen functional groups attached to an aromatic ring is 1. The quantitative estimate of drug-likeness (QED) is 0.443. The molecule has 118 valence electrons. The van der Waals surface area contributed by atoms with Crippen LogP contribution in [0.15, 0.2) is 60.7 Å². The van der Waals surface area contributed by atoms with Crippen LogP contribution in [0.4, 0.5) is 0 Å². The zero-order valence-electron chi connectivity index (χ0n) is 12.5. The first-order chi connectivity index (χ1) is 11.7. The SMILES string of the molecule is Nn1c(-c2nc(-c3ccccc3)n(-c3ccccc3)n2)n[nH]c1=S. The number of nitrogens with zero attached hydrogens (tertiary/aromatic N) is 5. The van der Waals surface area contributed by atoms with E-state index in [4.69, 9.17) is 18.1 Å². The van der Waals surface area contributed by atoms with Gasteiger partial charge in [-0.3, -0.25) is 0 Å². The van der Waals surface area contributed by atoms with Crippen LogP contribution in [0.5, 0.6) is 0 Å². The topological polar surface area (TPSA) is 90.3 Å². The van der Waals surface area contributed by atoms with Crippen LogP contribution in [-0.4, -0.2) is 29.6 Å². The number of nitrogens with one attached hydrogen (secondary N) is 1. The predicted molar refractivity (Wildman–Crippen MR) is 93.4 cm³/mol. The standard InChI is InChI=1S/C16H13N7S/c17-22-15(19-20-16(22)24)13-18-14(11-7-3-1-4-8-11)23(21-13)12-9-5-2-6-10-12/h1-10H,17H2,(H,20,24). The van der Waals surface area contributed by atoms with E-state index in [9.17, 15) is 0 Å². The summed E-state index contributed by atoms with van der Waals surface area (Å²) in [5, 5.41) is 11.3. The second kappa shape index (κ2) is 5.74. The zero-order valence-corrected chi connectivity index (χ0v) is 13.3. The summed E-state index contributed by atoms with van der Waals surface area (Å²) in [5.41, 5.74) is 1.84. The maximum atomic E-state index is 5.90. The van der Waals surface area contributed by atoms with E-state index in [0.717, 1.165) is 11.3 Å². The zero-order chi connectivity index (χ0) is 16.5. The summed E-state index contributed by atoms with van der Waals surface area (Å²) in [6, 6.07) is 19.6. The summed E-state index contributed by atoms with van der Waals surface area (Å²) in [4.78, 5) is 4.62. The number of rotatable bonds is 3. The van der Waals surface area contributed by atoms with Gasteiger partial charge >= 0.3 is 0 Å². The number of aromatic nitrogens is 6. The number of aromatic amines is 1. The first-order valence-electron chi connectivity index (χ1n) is 7.25. The fraction of sp³-hybridized carbons (Fsp3) is 0. The normalized spacial score (nSPS) is 10.8. The molecule has 0 aliphatic rings. The molecule has 2 heterocycles. The van der Waals surface area contributed by atoms with E-state index in [0.29, 0.717) is 22.2 Å². The highest BCUT2D eigenvalue weighted by Crippen LogP contribution is 2.23. The minimum Gasteiger partial charge on any atom is -0.335 e. The van der Waals surface area contributed by atoms with Crippen molar-refractivity contribution in [2.24, 2.45) is 0 Å². The van der Waals surface area contributed by atoms with E-state index in [1.807, 2.05) is 60.7 Å². The smallest absolute Gasteiger partial charge is 0.221 e. The van der Waals surface area contributed by atoms with Gasteiger partial charge in [-0.25, -0.2) is 19.4 Å². The van der Waals surface area contributed by atoms with Crippen LogP contribution in [0.2, 0.25) is 0 Å². The number of benzene rings is 2. The monoisotopic (exact) mass is 335 g/mol. The number of H-pyrrole nitrogens is 1. The predicted octanol–water partition coefficient (Wildman–Crippen LogP) is 2.57. The average molecular weight is 335 g/mol. The van der Waals surface area contributed by atoms with Crippen molar-refractivity contribution >= 4 is 12.2 Å². The Kier molecular flexibility index (Phi) is 3.43. The Morgan fingerprint density at radius 3 is 2.21 bits per heavy atom. The molecule has 2 aromatic carbocycles. The van der Waals surface area contributed by atoms with Gasteiger partial charge in [0, 0.05) is 5.56 Å². The highest BCUT2D eigenvalue weighted by molar-refractivity contribution is 7.71. The molecule has 0 atom stereocenters. The fourth-order valence-corrected chi connectivity index (χ4v) is 2.52. The molecule has 4 rings (SSSR count). The van der Waals surface area contributed by atoms with Gasteiger partial charge in [0.2, 0.25) is 16.4 Å². The van der Waals surface area contributed by atoms with Gasteiger partial charge in [-0.05, 0) is 24.4 Å². The summed E-state index contributed by atoms with van der Waals surface area (Å²) >= 11 is 5.06. The lowest BCUT2D eigenvalue weighted by Crippen LogP contribution is -2.10. The molecule has 0 spiro atoms. The van der Waals surface area contributed by atoms with Crippen molar-refractivity contribution in [3.05, 3.63) is 65.4 Å². The third-order valence-corrected chi connectivity index (χ3v) is 3.83. The first kappa shape index (κ1) is 14.3. The molecule has 2 aromatic heterocycles. The molecule has 3 N–H and O–H groups in total. The van der Waals surface area contributed by atoms with E-state index < -0.39 is 0 Å². The van der Waals surface area contributed by atoms with Gasteiger partial charge < -0.3 is 5.84 Å². The molecule has 0 bridgehead atoms. The fourth-order valence-electron chi connectivity index (χ4n) is 2.39. The molecule has 0 radical (unpaired) electrons. The molecule has 8 heteroatoms. The summed E-state index contributed by atoms with van der Waals surface area (Å²) in [6.07, 6.45) is 0. The Bertz CT molecular complexity index is 974. The van der Waals surface area contributed by atoms with Crippen molar-refractivity contribution in [3.8, 4) is 28.7 Å². The highest BCUT2D eigenvalue weighted by Gasteiger charge is 2.18. The van der Waals surface area contributed by atoms with Gasteiger partial charge in [-0.1, -0.05) is 48.5 Å². The first-order valence-corrected chi connectivity index (χ1v) is 7.65. The maximum Gasteiger partial charge on any atom is 0.221 e. The molecule has 4 aromatic rings. The molecular formula is C16H13N7S. The van der Waals surface area contributed by atoms with Crippen LogP contribution in [0.25, 0.3) is 28.7 Å². The lowest BCUT2D eigenvalue weighted by Gasteiger charge is -2.05. The van der Waals surface area contributed by atoms with Crippen LogP contribution < -0.4 is 5.84 Å². The molecule has 0 unspecified atom stereocenters. The number of nitrogens with two attached hydrogens (primary N) is 1. The minimum atomic E-state index is 0.308. The molecular weight excluding hydrogens is 322 g/mol. The van der Waals surface area contributed by atoms with Crippen LogP contribution in [0.3, 0.4) is 0 Å². The minimum absolute atomic E-state index is 0.308. The lowest BCUT2D eigenvalue weighted by molar-refractivity contribution is 0.879. The summed E-state index contributed by atoms with van der Waals surface area (Å²) < 4.78 is 3.33. The Morgan fingerprint density at radius 2 is 1.58 bits per heavy atom. The third-order valence-electron chi connectivity index (χ3n) is 3.54. The second-order valence-corrected chi connectivity index (χ2v) is 5.48. The van der Waals surface area contributed by atoms with Gasteiger partial charge in [0.15, 0.2) is 5.82 Å². The van der Waals surface area contributed by atoms with E-state index >= 15 is 0 Å². The molecule has 0 saturated heterocycles. The maximum absolute atomic E-state index is 5.90. The Balaban J connectivity index is 1.95. The lowest BCUT2D eigenvalue weighted by atomic mass is 10.2. The van der Waals surface area contributed by atoms with Crippen molar-refractivity contribution in [1.29, 1.82) is 0 Å². The number of hydrogen-bond acceptors (Lipinski definition) is 5. The molecule has 0 aliphatic carbocycles. The summed E-state index contributed by atoms with van der Waals surface area (Å²) in [7, 11) is 0. The number of hydrogen-bond donors (Lipinski definition) is 2. The van der Waals surface area contributed by atoms with Gasteiger partial charge in [0.25, 0.3) is 0 Å². The van der Waals surface area contributed by atoms with Gasteiger partial charge in [0.05, 0.1) is 5.69 Å². The van der Waals surface area contributed by atoms with E-state index in [2.05, 4.69) is 20.3 Å². The van der Waals surface area contributed by atoms with Gasteiger partial charge in [-0.2, -0.15) is 0 Å². The molecule has 0 fully saturated rings. The van der Waals surface area contributed by atoms with Crippen molar-refractivity contribution in [2.45, 2.75) is 0 Å². The summed E-state index contributed by atoms with van der Waals surface area (Å²) in [5.74, 6) is 7.38. The highest BCUT2D eigenvalue weighted by atomic mass is 32.1. The molecule has 0 amide bonds. The third kappa shape index (κ3) is 2.38. The molecule has 7 nitrogen and oxygen atoms in total. The van der Waals surface area contributed by atoms with E-state index in [-0.39, 0.29) is 0 Å². The van der Waals surface area contributed by atoms with Crippen molar-refractivity contribution in [2.75, 3.05) is 5.84 Å². The Morgan fingerprint density at radius 1 is 0.917 bits per heavy atom. The van der Waals surface area contributed by atoms with Crippen LogP contribution >= 0.6 is 12.2 Å². The Hall–Kier alpha value is -3.26. The van der Waals surface area contributed by atoms with Gasteiger partial charge in [-0.15, -0.1) is 10.2 Å². The van der Waals surface area contributed by atoms with Crippen molar-refractivity contribution < 1.29 is 0 Å².